The lowest BCUT2D eigenvalue weighted by Crippen LogP contribution is -2.38. The number of carbonyl (C=O) groups excluding carboxylic acids is 1. The Morgan fingerprint density at radius 1 is 1.30 bits per heavy atom. The minimum atomic E-state index is 0.0418. The smallest absolute Gasteiger partial charge is 0.240 e. The van der Waals surface area contributed by atoms with Crippen LogP contribution in [0.4, 0.5) is 5.13 Å². The highest BCUT2D eigenvalue weighted by Gasteiger charge is 2.18. The van der Waals surface area contributed by atoms with E-state index in [2.05, 4.69) is 34.3 Å². The van der Waals surface area contributed by atoms with Gasteiger partial charge in [0, 0.05) is 17.5 Å². The zero-order valence-corrected chi connectivity index (χ0v) is 14.3. The van der Waals surface area contributed by atoms with Gasteiger partial charge in [-0.25, -0.2) is 4.98 Å². The Labute approximate surface area is 141 Å². The largest absolute Gasteiger partial charge is 0.301 e. The zero-order chi connectivity index (χ0) is 16.1. The molecule has 2 heterocycles. The molecule has 1 saturated heterocycles. The van der Waals surface area contributed by atoms with E-state index < -0.39 is 0 Å². The van der Waals surface area contributed by atoms with Crippen LogP contribution in [-0.4, -0.2) is 35.4 Å². The minimum Gasteiger partial charge on any atom is -0.301 e. The zero-order valence-electron chi connectivity index (χ0n) is 13.5. The molecule has 1 fully saturated rings. The highest BCUT2D eigenvalue weighted by Crippen LogP contribution is 2.21. The van der Waals surface area contributed by atoms with Crippen LogP contribution in [0.5, 0.6) is 0 Å². The van der Waals surface area contributed by atoms with Crippen molar-refractivity contribution in [1.82, 2.24) is 9.88 Å². The molecular formula is C18H23N3OS. The molecule has 1 aliphatic heterocycles. The lowest BCUT2D eigenvalue weighted by atomic mass is 9.99. The number of nitrogens with zero attached hydrogens (tertiary/aromatic N) is 2. The summed E-state index contributed by atoms with van der Waals surface area (Å²) in [5.74, 6) is 0.828. The van der Waals surface area contributed by atoms with E-state index in [1.54, 1.807) is 11.3 Å². The van der Waals surface area contributed by atoms with E-state index in [4.69, 9.17) is 0 Å². The van der Waals surface area contributed by atoms with Gasteiger partial charge in [-0.2, -0.15) is 0 Å². The van der Waals surface area contributed by atoms with Gasteiger partial charge >= 0.3 is 0 Å². The Hall–Kier alpha value is -1.72. The van der Waals surface area contributed by atoms with Gasteiger partial charge in [-0.05, 0) is 37.4 Å². The fraction of sp³-hybridized carbons (Fsp3) is 0.444. The molecule has 0 unspecified atom stereocenters. The first-order valence-corrected chi connectivity index (χ1v) is 9.01. The summed E-state index contributed by atoms with van der Waals surface area (Å²) >= 11 is 1.56. The van der Waals surface area contributed by atoms with Crippen LogP contribution in [0.3, 0.4) is 0 Å². The van der Waals surface area contributed by atoms with Crippen LogP contribution in [0.1, 0.15) is 30.2 Å². The van der Waals surface area contributed by atoms with E-state index in [1.807, 2.05) is 24.4 Å². The third-order valence-electron chi connectivity index (χ3n) is 4.26. The van der Waals surface area contributed by atoms with E-state index in [0.717, 1.165) is 25.4 Å². The summed E-state index contributed by atoms with van der Waals surface area (Å²) in [5, 5.41) is 3.63. The van der Waals surface area contributed by atoms with Crippen molar-refractivity contribution in [3.05, 3.63) is 47.0 Å². The van der Waals surface area contributed by atoms with Crippen molar-refractivity contribution in [2.45, 2.75) is 26.2 Å². The van der Waals surface area contributed by atoms with E-state index in [-0.39, 0.29) is 5.91 Å². The van der Waals surface area contributed by atoms with Crippen molar-refractivity contribution in [1.29, 1.82) is 0 Å². The second-order valence-corrected chi connectivity index (χ2v) is 7.42. The van der Waals surface area contributed by atoms with Crippen molar-refractivity contribution < 1.29 is 4.79 Å². The predicted molar refractivity (Wildman–Crippen MR) is 94.8 cm³/mol. The third-order valence-corrected chi connectivity index (χ3v) is 5.18. The van der Waals surface area contributed by atoms with Crippen LogP contribution < -0.4 is 5.32 Å². The average molecular weight is 329 g/mol. The second kappa shape index (κ2) is 7.70. The first-order valence-electron chi connectivity index (χ1n) is 8.20. The number of hydrogen-bond acceptors (Lipinski definition) is 4. The quantitative estimate of drug-likeness (QED) is 0.914. The third kappa shape index (κ3) is 4.88. The summed E-state index contributed by atoms with van der Waals surface area (Å²) in [5.41, 5.74) is 1.26. The molecule has 0 bridgehead atoms. The fourth-order valence-electron chi connectivity index (χ4n) is 2.83. The number of piperidine rings is 1. The molecule has 4 nitrogen and oxygen atoms in total. The average Bonchev–Trinajstić information content (AvgIpc) is 2.97. The fourth-order valence-corrected chi connectivity index (χ4v) is 3.69. The number of anilines is 1. The van der Waals surface area contributed by atoms with Crippen molar-refractivity contribution in [3.63, 3.8) is 0 Å². The van der Waals surface area contributed by atoms with E-state index in [1.165, 1.54) is 23.3 Å². The van der Waals surface area contributed by atoms with Crippen molar-refractivity contribution in [2.75, 3.05) is 25.0 Å². The van der Waals surface area contributed by atoms with Gasteiger partial charge < -0.3 is 5.32 Å². The predicted octanol–water partition coefficient (Wildman–Crippen LogP) is 3.40. The van der Waals surface area contributed by atoms with Crippen molar-refractivity contribution in [2.24, 2.45) is 5.92 Å². The van der Waals surface area contributed by atoms with Gasteiger partial charge in [-0.1, -0.05) is 37.3 Å². The van der Waals surface area contributed by atoms with Crippen LogP contribution in [-0.2, 0) is 11.2 Å². The highest BCUT2D eigenvalue weighted by molar-refractivity contribution is 7.15. The van der Waals surface area contributed by atoms with E-state index >= 15 is 0 Å². The molecule has 3 rings (SSSR count). The number of hydrogen-bond donors (Lipinski definition) is 1. The van der Waals surface area contributed by atoms with Crippen molar-refractivity contribution >= 4 is 22.4 Å². The first kappa shape index (κ1) is 16.1. The van der Waals surface area contributed by atoms with Gasteiger partial charge in [0.2, 0.25) is 5.91 Å². The molecular weight excluding hydrogens is 306 g/mol. The standard InChI is InChI=1S/C18H23N3OS/c1-14-7-9-21(10-8-14)13-17(22)20-18-19-12-16(23-18)11-15-5-3-2-4-6-15/h2-6,12,14H,7-11,13H2,1H3,(H,19,20,22). The molecule has 0 saturated carbocycles. The van der Waals surface area contributed by atoms with Crippen LogP contribution in [0, 0.1) is 5.92 Å². The molecule has 1 amide bonds. The maximum Gasteiger partial charge on any atom is 0.240 e. The van der Waals surface area contributed by atoms with E-state index in [0.29, 0.717) is 11.7 Å². The van der Waals surface area contributed by atoms with Crippen LogP contribution in [0.2, 0.25) is 0 Å². The Morgan fingerprint density at radius 2 is 2.04 bits per heavy atom. The molecule has 23 heavy (non-hydrogen) atoms. The molecule has 0 aliphatic carbocycles. The lowest BCUT2D eigenvalue weighted by molar-refractivity contribution is -0.117. The van der Waals surface area contributed by atoms with Gasteiger partial charge in [0.25, 0.3) is 0 Å². The lowest BCUT2D eigenvalue weighted by Gasteiger charge is -2.29. The van der Waals surface area contributed by atoms with Crippen molar-refractivity contribution in [3.8, 4) is 0 Å². The Morgan fingerprint density at radius 3 is 2.78 bits per heavy atom. The molecule has 1 N–H and O–H groups in total. The maximum absolute atomic E-state index is 12.1. The summed E-state index contributed by atoms with van der Waals surface area (Å²) in [7, 11) is 0. The summed E-state index contributed by atoms with van der Waals surface area (Å²) in [6.45, 7) is 4.79. The molecule has 0 spiro atoms. The normalized spacial score (nSPS) is 16.4. The summed E-state index contributed by atoms with van der Waals surface area (Å²) < 4.78 is 0. The Balaban J connectivity index is 1.49. The second-order valence-electron chi connectivity index (χ2n) is 6.30. The molecule has 1 aliphatic rings. The molecule has 1 aromatic carbocycles. The molecule has 1 aromatic heterocycles. The number of carbonyl (C=O) groups is 1. The number of rotatable bonds is 5. The molecule has 122 valence electrons. The Kier molecular flexibility index (Phi) is 5.41. The summed E-state index contributed by atoms with van der Waals surface area (Å²) in [4.78, 5) is 19.9. The maximum atomic E-state index is 12.1. The SMILES string of the molecule is CC1CCN(CC(=O)Nc2ncc(Cc3ccccc3)s2)CC1. The molecule has 2 aromatic rings. The van der Waals surface area contributed by atoms with Crippen LogP contribution >= 0.6 is 11.3 Å². The first-order chi connectivity index (χ1) is 11.2. The molecule has 5 heteroatoms. The number of likely N-dealkylation sites (tertiary alicyclic amines) is 1. The summed E-state index contributed by atoms with van der Waals surface area (Å²) in [6, 6.07) is 10.3. The van der Waals surface area contributed by atoms with Gasteiger partial charge in [-0.15, -0.1) is 11.3 Å². The molecule has 0 atom stereocenters. The van der Waals surface area contributed by atoms with Crippen LogP contribution in [0.15, 0.2) is 36.5 Å². The number of nitrogens with one attached hydrogen (secondary N) is 1. The van der Waals surface area contributed by atoms with Crippen LogP contribution in [0.25, 0.3) is 0 Å². The monoisotopic (exact) mass is 329 g/mol. The Bertz CT molecular complexity index is 633. The summed E-state index contributed by atoms with van der Waals surface area (Å²) in [6.07, 6.45) is 5.09. The van der Waals surface area contributed by atoms with E-state index in [9.17, 15) is 4.79 Å². The number of amides is 1. The van der Waals surface area contributed by atoms with Gasteiger partial charge in [0.1, 0.15) is 0 Å². The minimum absolute atomic E-state index is 0.0418. The topological polar surface area (TPSA) is 45.2 Å². The van der Waals surface area contributed by atoms with Gasteiger partial charge in [0.15, 0.2) is 5.13 Å². The van der Waals surface area contributed by atoms with Gasteiger partial charge in [0.05, 0.1) is 6.54 Å². The number of thiazole rings is 1. The molecule has 0 radical (unpaired) electrons. The number of benzene rings is 1. The highest BCUT2D eigenvalue weighted by atomic mass is 32.1. The number of aromatic nitrogens is 1. The van der Waals surface area contributed by atoms with Gasteiger partial charge in [-0.3, -0.25) is 9.69 Å².